The van der Waals surface area contributed by atoms with Gasteiger partial charge in [0.1, 0.15) is 18.3 Å². The molecule has 0 saturated carbocycles. The SMILES string of the molecule is C=C(CC[C@]12OC(c3cscn3)[C@@](O)(C(=O)OC)[C@](C(=O)O)(O1)[C@H](OC(=O)/C=C/[C@@H](C)C[C@@H](C)CC)[C@H]2O)[C@@H](OC(C)=O)[C@H](C)Cc1ccccc1. The average Bonchev–Trinajstić information content (AvgIpc) is 3.72. The number of ether oxygens (including phenoxy) is 5. The highest BCUT2D eigenvalue weighted by Gasteiger charge is 2.85. The average molecular weight is 744 g/mol. The van der Waals surface area contributed by atoms with Crippen molar-refractivity contribution in [3.8, 4) is 0 Å². The Kier molecular flexibility index (Phi) is 13.2. The molecule has 1 aromatic heterocycles. The molecule has 1 unspecified atom stereocenters. The number of thiazole rings is 1. The highest BCUT2D eigenvalue weighted by Crippen LogP contribution is 2.59. The number of carboxylic acid groups (broad SMARTS) is 1. The molecule has 3 N–H and O–H groups in total. The molecule has 4 rings (SSSR count). The van der Waals surface area contributed by atoms with E-state index in [9.17, 15) is 34.5 Å². The molecule has 2 aromatic rings. The first-order chi connectivity index (χ1) is 24.6. The first kappa shape index (κ1) is 40.8. The molecule has 284 valence electrons. The van der Waals surface area contributed by atoms with Gasteiger partial charge in [-0.25, -0.2) is 19.4 Å². The van der Waals surface area contributed by atoms with Gasteiger partial charge in [-0.05, 0) is 42.2 Å². The number of allylic oxidation sites excluding steroid dienone is 1. The Bertz CT molecular complexity index is 1610. The van der Waals surface area contributed by atoms with Gasteiger partial charge in [-0.2, -0.15) is 0 Å². The minimum Gasteiger partial charge on any atom is -0.479 e. The standard InChI is InChI=1S/C38H49NO12S/c1-8-22(2)18-23(3)14-15-29(41)49-33-31(42)36(17-16-24(4)30(48-26(6)40)25(5)19-27-12-10-9-11-13-27)50-32(28-20-52-21-39-28)37(46,35(45)47-7)38(33,51-36)34(43)44/h9-15,20-23,25,30-33,42,46H,4,8,16-19H2,1-3,5-7H3,(H,43,44)/b15-14+/t22-,23+,25+,30+,31+,32?,33+,36-,37+,38-/m0/s1. The lowest BCUT2D eigenvalue weighted by Crippen LogP contribution is -2.74. The second kappa shape index (κ2) is 16.8. The number of fused-ring (bicyclic) bond motifs is 2. The normalized spacial score (nSPS) is 29.1. The lowest BCUT2D eigenvalue weighted by molar-refractivity contribution is -0.383. The largest absolute Gasteiger partial charge is 0.479 e. The van der Waals surface area contributed by atoms with Crippen molar-refractivity contribution in [1.82, 2.24) is 4.98 Å². The number of esters is 3. The number of methoxy groups -OCH3 is 1. The summed E-state index contributed by atoms with van der Waals surface area (Å²) in [6.07, 6.45) is -2.37. The van der Waals surface area contributed by atoms with Crippen molar-refractivity contribution in [2.45, 2.75) is 108 Å². The van der Waals surface area contributed by atoms with E-state index in [0.29, 0.717) is 17.9 Å². The fourth-order valence-electron chi connectivity index (χ4n) is 7.12. The van der Waals surface area contributed by atoms with Crippen molar-refractivity contribution in [3.05, 3.63) is 76.8 Å². The molecule has 3 heterocycles. The summed E-state index contributed by atoms with van der Waals surface area (Å²) >= 11 is 1.08. The van der Waals surface area contributed by atoms with Crippen LogP contribution in [0.1, 0.15) is 77.7 Å². The molecule has 0 aliphatic carbocycles. The number of nitrogens with zero attached hydrogens (tertiary/aromatic N) is 1. The smallest absolute Gasteiger partial charge is 0.345 e. The van der Waals surface area contributed by atoms with Crippen LogP contribution in [-0.4, -0.2) is 86.6 Å². The number of rotatable bonds is 17. The Morgan fingerprint density at radius 2 is 1.85 bits per heavy atom. The lowest BCUT2D eigenvalue weighted by Gasteiger charge is -2.50. The highest BCUT2D eigenvalue weighted by atomic mass is 32.1. The van der Waals surface area contributed by atoms with E-state index in [2.05, 4.69) is 25.4 Å². The van der Waals surface area contributed by atoms with Crippen LogP contribution >= 0.6 is 11.3 Å². The third kappa shape index (κ3) is 8.01. The van der Waals surface area contributed by atoms with Crippen LogP contribution in [0.2, 0.25) is 0 Å². The van der Waals surface area contributed by atoms with E-state index in [-0.39, 0.29) is 30.4 Å². The second-order valence-electron chi connectivity index (χ2n) is 13.9. The minimum absolute atomic E-state index is 0.0453. The monoisotopic (exact) mass is 743 g/mol. The summed E-state index contributed by atoms with van der Waals surface area (Å²) in [4.78, 5) is 56.7. The fourth-order valence-corrected chi connectivity index (χ4v) is 7.69. The minimum atomic E-state index is -3.22. The number of carbonyl (C=O) groups is 4. The van der Waals surface area contributed by atoms with E-state index in [1.54, 1.807) is 6.08 Å². The first-order valence-electron chi connectivity index (χ1n) is 17.3. The zero-order chi connectivity index (χ0) is 38.4. The summed E-state index contributed by atoms with van der Waals surface area (Å²) in [5.41, 5.74) is -3.64. The molecule has 2 bridgehead atoms. The number of hydrogen-bond acceptors (Lipinski definition) is 13. The van der Waals surface area contributed by atoms with E-state index < -0.39 is 65.3 Å². The summed E-state index contributed by atoms with van der Waals surface area (Å²) < 4.78 is 28.6. The number of aromatic nitrogens is 1. The maximum absolute atomic E-state index is 13.5. The van der Waals surface area contributed by atoms with Crippen molar-refractivity contribution in [1.29, 1.82) is 0 Å². The molecule has 2 saturated heterocycles. The van der Waals surface area contributed by atoms with Crippen LogP contribution in [0.3, 0.4) is 0 Å². The predicted molar refractivity (Wildman–Crippen MR) is 189 cm³/mol. The Hall–Kier alpha value is -3.95. The van der Waals surface area contributed by atoms with Gasteiger partial charge in [0.2, 0.25) is 17.0 Å². The lowest BCUT2D eigenvalue weighted by atomic mass is 9.73. The van der Waals surface area contributed by atoms with Crippen LogP contribution in [0.15, 0.2) is 65.5 Å². The van der Waals surface area contributed by atoms with Gasteiger partial charge < -0.3 is 39.0 Å². The zero-order valence-electron chi connectivity index (χ0n) is 30.4. The molecule has 0 spiro atoms. The van der Waals surface area contributed by atoms with Gasteiger partial charge in [0.15, 0.2) is 6.10 Å². The third-order valence-electron chi connectivity index (χ3n) is 9.95. The molecule has 10 atom stereocenters. The summed E-state index contributed by atoms with van der Waals surface area (Å²) in [6, 6.07) is 9.56. The summed E-state index contributed by atoms with van der Waals surface area (Å²) in [7, 11) is 0.930. The van der Waals surface area contributed by atoms with Crippen molar-refractivity contribution in [3.63, 3.8) is 0 Å². The Morgan fingerprint density at radius 3 is 2.42 bits per heavy atom. The van der Waals surface area contributed by atoms with Crippen LogP contribution in [0.5, 0.6) is 0 Å². The van der Waals surface area contributed by atoms with Gasteiger partial charge in [0.25, 0.3) is 0 Å². The van der Waals surface area contributed by atoms with Gasteiger partial charge >= 0.3 is 23.9 Å². The Labute approximate surface area is 307 Å². The molecule has 52 heavy (non-hydrogen) atoms. The van der Waals surface area contributed by atoms with Crippen LogP contribution in [-0.2, 0) is 49.3 Å². The summed E-state index contributed by atoms with van der Waals surface area (Å²) in [5, 5.41) is 36.6. The van der Waals surface area contributed by atoms with E-state index in [1.165, 1.54) is 17.8 Å². The molecule has 2 aliphatic rings. The quantitative estimate of drug-likeness (QED) is 0.0875. The van der Waals surface area contributed by atoms with Gasteiger partial charge in [-0.1, -0.05) is 77.1 Å². The second-order valence-corrected chi connectivity index (χ2v) is 14.6. The number of aliphatic carboxylic acids is 1. The van der Waals surface area contributed by atoms with E-state index >= 15 is 0 Å². The molecule has 13 nitrogen and oxygen atoms in total. The Balaban J connectivity index is 1.75. The fraction of sp³-hybridized carbons (Fsp3) is 0.553. The number of aliphatic hydroxyl groups is 2. The van der Waals surface area contributed by atoms with Crippen molar-refractivity contribution in [2.75, 3.05) is 7.11 Å². The highest BCUT2D eigenvalue weighted by molar-refractivity contribution is 7.07. The van der Waals surface area contributed by atoms with Crippen molar-refractivity contribution in [2.24, 2.45) is 17.8 Å². The van der Waals surface area contributed by atoms with E-state index in [0.717, 1.165) is 42.9 Å². The van der Waals surface area contributed by atoms with Crippen LogP contribution in [0.25, 0.3) is 0 Å². The maximum Gasteiger partial charge on any atom is 0.345 e. The van der Waals surface area contributed by atoms with Crippen LogP contribution in [0.4, 0.5) is 0 Å². The van der Waals surface area contributed by atoms with Gasteiger partial charge in [0, 0.05) is 30.7 Å². The number of aliphatic hydroxyl groups excluding tert-OH is 1. The van der Waals surface area contributed by atoms with Gasteiger partial charge in [-0.3, -0.25) is 4.79 Å². The van der Waals surface area contributed by atoms with Crippen LogP contribution < -0.4 is 0 Å². The van der Waals surface area contributed by atoms with Crippen molar-refractivity contribution >= 4 is 35.2 Å². The zero-order valence-corrected chi connectivity index (χ0v) is 31.2. The number of carbonyl (C=O) groups excluding carboxylic acids is 3. The number of benzene rings is 1. The molecule has 0 amide bonds. The number of carboxylic acids is 1. The Morgan fingerprint density at radius 1 is 1.15 bits per heavy atom. The molecule has 0 radical (unpaired) electrons. The molecular formula is C38H49NO12S. The van der Waals surface area contributed by atoms with Crippen molar-refractivity contribution < 1.29 is 58.2 Å². The molecule has 2 fully saturated rings. The van der Waals surface area contributed by atoms with Gasteiger partial charge in [0.05, 0.1) is 18.3 Å². The van der Waals surface area contributed by atoms with Gasteiger partial charge in [-0.15, -0.1) is 11.3 Å². The summed E-state index contributed by atoms with van der Waals surface area (Å²) in [5.74, 6) is -7.24. The van der Waals surface area contributed by atoms with E-state index in [4.69, 9.17) is 23.7 Å². The topological polar surface area (TPSA) is 188 Å². The predicted octanol–water partition coefficient (Wildman–Crippen LogP) is 4.72. The van der Waals surface area contributed by atoms with Crippen LogP contribution in [0, 0.1) is 17.8 Å². The molecule has 14 heteroatoms. The number of hydrogen-bond donors (Lipinski definition) is 3. The molecule has 1 aromatic carbocycles. The maximum atomic E-state index is 13.5. The molecule has 2 aliphatic heterocycles. The third-order valence-corrected chi connectivity index (χ3v) is 10.6. The summed E-state index contributed by atoms with van der Waals surface area (Å²) in [6.45, 7) is 13.4. The molecular weight excluding hydrogens is 694 g/mol. The first-order valence-corrected chi connectivity index (χ1v) is 18.3. The van der Waals surface area contributed by atoms with E-state index in [1.807, 2.05) is 44.2 Å².